The molecule has 2 aromatic carbocycles. The Balaban J connectivity index is 1.46. The van der Waals surface area contributed by atoms with E-state index >= 15 is 0 Å². The second kappa shape index (κ2) is 7.79. The van der Waals surface area contributed by atoms with Crippen molar-refractivity contribution >= 4 is 56.7 Å². The maximum absolute atomic E-state index is 12.4. The van der Waals surface area contributed by atoms with Gasteiger partial charge < -0.3 is 9.73 Å². The Labute approximate surface area is 173 Å². The smallest absolute Gasteiger partial charge is 0.408 e. The van der Waals surface area contributed by atoms with Crippen molar-refractivity contribution in [1.82, 2.24) is 9.55 Å². The van der Waals surface area contributed by atoms with Crippen LogP contribution >= 0.6 is 34.5 Å². The molecule has 0 bridgehead atoms. The summed E-state index contributed by atoms with van der Waals surface area (Å²) < 4.78 is 6.42. The Kier molecular flexibility index (Phi) is 5.21. The van der Waals surface area contributed by atoms with E-state index in [0.717, 1.165) is 10.4 Å². The van der Waals surface area contributed by atoms with Gasteiger partial charge in [0.25, 0.3) is 0 Å². The van der Waals surface area contributed by atoms with Gasteiger partial charge in [0.1, 0.15) is 6.54 Å². The Morgan fingerprint density at radius 3 is 2.89 bits per heavy atom. The van der Waals surface area contributed by atoms with Crippen LogP contribution in [0.4, 0.5) is 5.13 Å². The molecule has 28 heavy (non-hydrogen) atoms. The predicted octanol–water partition coefficient (Wildman–Crippen LogP) is 4.59. The minimum absolute atomic E-state index is 0.162. The fraction of sp³-hybridized carbons (Fsp3) is 0.105. The molecule has 0 aliphatic carbocycles. The van der Waals surface area contributed by atoms with Crippen LogP contribution in [0.15, 0.2) is 57.9 Å². The topological polar surface area (TPSA) is 77.1 Å². The number of nitrogens with one attached hydrogen (secondary N) is 1. The van der Waals surface area contributed by atoms with E-state index in [4.69, 9.17) is 27.6 Å². The number of amides is 1. The maximum atomic E-state index is 12.4. The number of hydrogen-bond acceptors (Lipinski definition) is 5. The van der Waals surface area contributed by atoms with Gasteiger partial charge in [-0.05, 0) is 35.9 Å². The summed E-state index contributed by atoms with van der Waals surface area (Å²) in [4.78, 5) is 29.5. The number of hydrogen-bond donors (Lipinski definition) is 1. The summed E-state index contributed by atoms with van der Waals surface area (Å²) in [5, 5.41) is 4.38. The van der Waals surface area contributed by atoms with Gasteiger partial charge in [-0.2, -0.15) is 0 Å². The third-order valence-electron chi connectivity index (χ3n) is 4.05. The lowest BCUT2D eigenvalue weighted by Crippen LogP contribution is -2.24. The summed E-state index contributed by atoms with van der Waals surface area (Å²) in [6.45, 7) is -0.162. The van der Waals surface area contributed by atoms with Crippen molar-refractivity contribution in [1.29, 1.82) is 0 Å². The molecule has 0 unspecified atom stereocenters. The van der Waals surface area contributed by atoms with E-state index in [2.05, 4.69) is 10.3 Å². The normalized spacial score (nSPS) is 11.1. The van der Waals surface area contributed by atoms with Crippen molar-refractivity contribution in [2.75, 3.05) is 5.32 Å². The number of carbonyl (C=O) groups excluding carboxylic acids is 1. The number of rotatable bonds is 5. The molecule has 4 aromatic rings. The first kappa shape index (κ1) is 18.7. The van der Waals surface area contributed by atoms with Crippen molar-refractivity contribution in [2.45, 2.75) is 13.0 Å². The first-order valence-corrected chi connectivity index (χ1v) is 9.84. The molecular formula is C19H13Cl2N3O3S. The molecule has 0 spiro atoms. The molecule has 0 radical (unpaired) electrons. The fourth-order valence-corrected chi connectivity index (χ4v) is 4.01. The van der Waals surface area contributed by atoms with Gasteiger partial charge in [0.05, 0.1) is 5.52 Å². The van der Waals surface area contributed by atoms with Crippen LogP contribution in [-0.2, 0) is 17.8 Å². The standard InChI is InChI=1S/C19H13Cl2N3O3S/c20-12-5-6-14(21)11(7-12)8-13-9-22-18(28-13)23-17(25)10-24-15-3-1-2-4-16(15)27-19(24)26/h1-7,9H,8,10H2,(H,22,23,25). The number of aromatic nitrogens is 2. The zero-order chi connectivity index (χ0) is 19.7. The molecule has 0 aliphatic rings. The SMILES string of the molecule is O=C(Cn1c(=O)oc2ccccc21)Nc1ncc(Cc2cc(Cl)ccc2Cl)s1. The number of nitrogens with zero attached hydrogens (tertiary/aromatic N) is 2. The van der Waals surface area contributed by atoms with E-state index in [1.807, 2.05) is 0 Å². The molecule has 142 valence electrons. The summed E-state index contributed by atoms with van der Waals surface area (Å²) in [6, 6.07) is 12.2. The van der Waals surface area contributed by atoms with Crippen LogP contribution in [0, 0.1) is 0 Å². The van der Waals surface area contributed by atoms with Crippen LogP contribution in [0.3, 0.4) is 0 Å². The number of halogens is 2. The highest BCUT2D eigenvalue weighted by atomic mass is 35.5. The molecule has 1 N–H and O–H groups in total. The summed E-state index contributed by atoms with van der Waals surface area (Å²) >= 11 is 13.5. The van der Waals surface area contributed by atoms with Crippen LogP contribution in [0.5, 0.6) is 0 Å². The van der Waals surface area contributed by atoms with Gasteiger partial charge in [-0.1, -0.05) is 35.3 Å². The first-order valence-electron chi connectivity index (χ1n) is 8.26. The van der Waals surface area contributed by atoms with E-state index in [1.165, 1.54) is 15.9 Å². The molecule has 2 heterocycles. The number of anilines is 1. The van der Waals surface area contributed by atoms with Gasteiger partial charge in [0.15, 0.2) is 10.7 Å². The number of thiazole rings is 1. The Hall–Kier alpha value is -2.61. The third kappa shape index (κ3) is 3.96. The minimum Gasteiger partial charge on any atom is -0.408 e. The molecule has 1 amide bonds. The van der Waals surface area contributed by atoms with E-state index in [0.29, 0.717) is 32.7 Å². The van der Waals surface area contributed by atoms with Crippen molar-refractivity contribution in [3.05, 3.63) is 79.7 Å². The van der Waals surface area contributed by atoms with Crippen molar-refractivity contribution in [3.63, 3.8) is 0 Å². The minimum atomic E-state index is -0.577. The van der Waals surface area contributed by atoms with Gasteiger partial charge in [-0.15, -0.1) is 11.3 Å². The largest absolute Gasteiger partial charge is 0.420 e. The van der Waals surface area contributed by atoms with E-state index < -0.39 is 5.76 Å². The van der Waals surface area contributed by atoms with Gasteiger partial charge in [0.2, 0.25) is 5.91 Å². The fourth-order valence-electron chi connectivity index (χ4n) is 2.78. The molecule has 6 nitrogen and oxygen atoms in total. The quantitative estimate of drug-likeness (QED) is 0.499. The van der Waals surface area contributed by atoms with Gasteiger partial charge >= 0.3 is 5.76 Å². The third-order valence-corrected chi connectivity index (χ3v) is 5.56. The maximum Gasteiger partial charge on any atom is 0.420 e. The first-order chi connectivity index (χ1) is 13.5. The second-order valence-electron chi connectivity index (χ2n) is 6.01. The zero-order valence-corrected chi connectivity index (χ0v) is 16.6. The second-order valence-corrected chi connectivity index (χ2v) is 7.97. The lowest BCUT2D eigenvalue weighted by Gasteiger charge is -2.03. The lowest BCUT2D eigenvalue weighted by atomic mass is 10.1. The number of benzene rings is 2. The molecule has 0 atom stereocenters. The molecule has 9 heteroatoms. The average molecular weight is 434 g/mol. The lowest BCUT2D eigenvalue weighted by molar-refractivity contribution is -0.116. The van der Waals surface area contributed by atoms with Crippen LogP contribution in [0.2, 0.25) is 10.0 Å². The van der Waals surface area contributed by atoms with Crippen LogP contribution in [-0.4, -0.2) is 15.5 Å². The highest BCUT2D eigenvalue weighted by molar-refractivity contribution is 7.15. The Morgan fingerprint density at radius 2 is 2.04 bits per heavy atom. The number of fused-ring (bicyclic) bond motifs is 1. The Bertz CT molecular complexity index is 1230. The van der Waals surface area contributed by atoms with Crippen molar-refractivity contribution in [2.24, 2.45) is 0 Å². The van der Waals surface area contributed by atoms with E-state index in [9.17, 15) is 9.59 Å². The summed E-state index contributed by atoms with van der Waals surface area (Å²) in [6.07, 6.45) is 2.23. The van der Waals surface area contributed by atoms with Crippen LogP contribution in [0.1, 0.15) is 10.4 Å². The molecule has 4 rings (SSSR count). The van der Waals surface area contributed by atoms with Gasteiger partial charge in [0, 0.05) is 27.5 Å². The van der Waals surface area contributed by atoms with Gasteiger partial charge in [-0.3, -0.25) is 9.36 Å². The van der Waals surface area contributed by atoms with Crippen LogP contribution < -0.4 is 11.1 Å². The van der Waals surface area contributed by atoms with Crippen molar-refractivity contribution in [3.8, 4) is 0 Å². The number of carbonyl (C=O) groups is 1. The van der Waals surface area contributed by atoms with Crippen molar-refractivity contribution < 1.29 is 9.21 Å². The van der Waals surface area contributed by atoms with Gasteiger partial charge in [-0.25, -0.2) is 9.78 Å². The highest BCUT2D eigenvalue weighted by Crippen LogP contribution is 2.27. The molecule has 2 aromatic heterocycles. The Morgan fingerprint density at radius 1 is 1.21 bits per heavy atom. The summed E-state index contributed by atoms with van der Waals surface area (Å²) in [7, 11) is 0. The molecular weight excluding hydrogens is 421 g/mol. The van der Waals surface area contributed by atoms with E-state index in [1.54, 1.807) is 48.7 Å². The average Bonchev–Trinajstić information content (AvgIpc) is 3.22. The highest BCUT2D eigenvalue weighted by Gasteiger charge is 2.14. The molecule has 0 saturated heterocycles. The summed E-state index contributed by atoms with van der Waals surface area (Å²) in [5.74, 6) is -0.942. The van der Waals surface area contributed by atoms with E-state index in [-0.39, 0.29) is 12.5 Å². The van der Waals surface area contributed by atoms with Crippen LogP contribution in [0.25, 0.3) is 11.1 Å². The molecule has 0 aliphatic heterocycles. The molecule has 0 fully saturated rings. The summed E-state index contributed by atoms with van der Waals surface area (Å²) in [5.41, 5.74) is 1.89. The monoisotopic (exact) mass is 433 g/mol. The number of para-hydroxylation sites is 2. The number of oxazole rings is 1. The predicted molar refractivity (Wildman–Crippen MR) is 110 cm³/mol. The molecule has 0 saturated carbocycles. The zero-order valence-electron chi connectivity index (χ0n) is 14.3.